The number of carbonyl (C=O) groups is 3. The molecule has 0 aromatic heterocycles. The average molecular weight is 346 g/mol. The molecule has 140 valence electrons. The highest BCUT2D eigenvalue weighted by Gasteiger charge is 2.35. The smallest absolute Gasteiger partial charge is 0.408 e. The van der Waals surface area contributed by atoms with Gasteiger partial charge in [-0.1, -0.05) is 0 Å². The Morgan fingerprint density at radius 1 is 0.875 bits per heavy atom. The summed E-state index contributed by atoms with van der Waals surface area (Å²) in [4.78, 5) is 34.8. The molecule has 0 aliphatic rings. The van der Waals surface area contributed by atoms with Gasteiger partial charge in [-0.25, -0.2) is 14.4 Å². The highest BCUT2D eigenvalue weighted by molar-refractivity contribution is 5.83. The molecule has 0 aromatic rings. The molecule has 24 heavy (non-hydrogen) atoms. The van der Waals surface area contributed by atoms with Gasteiger partial charge >= 0.3 is 18.2 Å². The Morgan fingerprint density at radius 3 is 1.75 bits per heavy atom. The van der Waals surface area contributed by atoms with Crippen molar-refractivity contribution in [2.45, 2.75) is 78.0 Å². The maximum atomic E-state index is 11.8. The van der Waals surface area contributed by atoms with Crippen LogP contribution in [0.3, 0.4) is 0 Å². The van der Waals surface area contributed by atoms with Crippen molar-refractivity contribution in [3.8, 4) is 0 Å². The lowest BCUT2D eigenvalue weighted by molar-refractivity contribution is -0.144. The molecule has 0 aliphatic heterocycles. The van der Waals surface area contributed by atoms with E-state index in [2.05, 4.69) is 10.6 Å². The molecule has 0 rings (SSSR count). The second-order valence-electron chi connectivity index (χ2n) is 7.80. The van der Waals surface area contributed by atoms with Gasteiger partial charge in [-0.3, -0.25) is 0 Å². The van der Waals surface area contributed by atoms with Crippen LogP contribution in [-0.4, -0.2) is 46.5 Å². The van der Waals surface area contributed by atoms with Crippen molar-refractivity contribution in [3.63, 3.8) is 0 Å². The molecular weight excluding hydrogens is 316 g/mol. The molecule has 0 saturated carbocycles. The SMILES string of the molecule is CC(C)(C)OC(=O)NCCC[C@@](C)(NC(=O)OC(C)(C)C)C(=O)O. The number of hydrogen-bond donors (Lipinski definition) is 3. The summed E-state index contributed by atoms with van der Waals surface area (Å²) in [5.41, 5.74) is -2.81. The lowest BCUT2D eigenvalue weighted by atomic mass is 9.96. The predicted molar refractivity (Wildman–Crippen MR) is 88.9 cm³/mol. The molecule has 0 saturated heterocycles. The zero-order valence-electron chi connectivity index (χ0n) is 15.6. The molecule has 0 spiro atoms. The lowest BCUT2D eigenvalue weighted by Gasteiger charge is -2.28. The number of carbonyl (C=O) groups excluding carboxylic acids is 2. The minimum atomic E-state index is -1.49. The fraction of sp³-hybridized carbons (Fsp3) is 0.812. The molecule has 0 radical (unpaired) electrons. The molecule has 0 fully saturated rings. The van der Waals surface area contributed by atoms with Crippen LogP contribution in [0.15, 0.2) is 0 Å². The Labute approximate surface area is 143 Å². The predicted octanol–water partition coefficient (Wildman–Crippen LogP) is 2.66. The zero-order valence-corrected chi connectivity index (χ0v) is 15.6. The number of aliphatic carboxylic acids is 1. The van der Waals surface area contributed by atoms with E-state index < -0.39 is 34.9 Å². The lowest BCUT2D eigenvalue weighted by Crippen LogP contribution is -2.53. The van der Waals surface area contributed by atoms with E-state index in [1.165, 1.54) is 6.92 Å². The van der Waals surface area contributed by atoms with E-state index in [-0.39, 0.29) is 13.0 Å². The molecular formula is C16H30N2O6. The fourth-order valence-corrected chi connectivity index (χ4v) is 1.70. The van der Waals surface area contributed by atoms with Crippen molar-refractivity contribution in [2.75, 3.05) is 6.54 Å². The van der Waals surface area contributed by atoms with E-state index in [9.17, 15) is 19.5 Å². The van der Waals surface area contributed by atoms with E-state index in [4.69, 9.17) is 9.47 Å². The number of rotatable bonds is 6. The average Bonchev–Trinajstić information content (AvgIpc) is 2.29. The second-order valence-corrected chi connectivity index (χ2v) is 7.80. The number of carboxylic acid groups (broad SMARTS) is 1. The Hall–Kier alpha value is -1.99. The van der Waals surface area contributed by atoms with Crippen molar-refractivity contribution in [1.29, 1.82) is 0 Å². The third-order valence-electron chi connectivity index (χ3n) is 2.77. The van der Waals surface area contributed by atoms with Crippen molar-refractivity contribution >= 4 is 18.2 Å². The summed E-state index contributed by atoms with van der Waals surface area (Å²) in [5, 5.41) is 14.3. The van der Waals surface area contributed by atoms with Crippen LogP contribution < -0.4 is 10.6 Å². The normalized spacial score (nSPS) is 14.3. The number of carboxylic acids is 1. The summed E-state index contributed by atoms with van der Waals surface area (Å²) < 4.78 is 10.2. The Morgan fingerprint density at radius 2 is 1.33 bits per heavy atom. The van der Waals surface area contributed by atoms with Gasteiger partial charge < -0.3 is 25.2 Å². The minimum absolute atomic E-state index is 0.122. The molecule has 3 N–H and O–H groups in total. The van der Waals surface area contributed by atoms with Crippen LogP contribution in [0.25, 0.3) is 0 Å². The Bertz CT molecular complexity index is 464. The van der Waals surface area contributed by atoms with Crippen molar-refractivity contribution in [1.82, 2.24) is 10.6 Å². The van der Waals surface area contributed by atoms with Gasteiger partial charge in [0.1, 0.15) is 16.7 Å². The first-order chi connectivity index (χ1) is 10.6. The summed E-state index contributed by atoms with van der Waals surface area (Å²) in [6.45, 7) is 11.9. The Kier molecular flexibility index (Phi) is 7.53. The highest BCUT2D eigenvalue weighted by atomic mass is 16.6. The van der Waals surface area contributed by atoms with Crippen molar-refractivity contribution in [3.05, 3.63) is 0 Å². The van der Waals surface area contributed by atoms with Gasteiger partial charge in [-0.2, -0.15) is 0 Å². The maximum Gasteiger partial charge on any atom is 0.408 e. The van der Waals surface area contributed by atoms with Gasteiger partial charge in [-0.05, 0) is 61.3 Å². The molecule has 8 heteroatoms. The second kappa shape index (κ2) is 8.21. The molecule has 0 aromatic carbocycles. The molecule has 8 nitrogen and oxygen atoms in total. The molecule has 2 amide bonds. The molecule has 0 heterocycles. The standard InChI is InChI=1S/C16H30N2O6/c1-14(2,3)23-12(21)17-10-8-9-16(7,11(19)20)18-13(22)24-15(4,5)6/h8-10H2,1-7H3,(H,17,21)(H,18,22)(H,19,20)/t16-/m1/s1. The third kappa shape index (κ3) is 9.91. The third-order valence-corrected chi connectivity index (χ3v) is 2.77. The number of ether oxygens (including phenoxy) is 2. The van der Waals surface area contributed by atoms with Crippen LogP contribution in [0, 0.1) is 0 Å². The number of alkyl carbamates (subject to hydrolysis) is 2. The molecule has 1 atom stereocenters. The van der Waals surface area contributed by atoms with E-state index in [0.717, 1.165) is 0 Å². The van der Waals surface area contributed by atoms with Gasteiger partial charge in [0, 0.05) is 6.54 Å². The Balaban J connectivity index is 4.46. The van der Waals surface area contributed by atoms with Gasteiger partial charge in [0.2, 0.25) is 0 Å². The molecule has 0 unspecified atom stereocenters. The summed E-state index contributed by atoms with van der Waals surface area (Å²) >= 11 is 0. The first kappa shape index (κ1) is 22.0. The van der Waals surface area contributed by atoms with E-state index in [1.807, 2.05) is 0 Å². The van der Waals surface area contributed by atoms with Crippen LogP contribution in [-0.2, 0) is 14.3 Å². The maximum absolute atomic E-state index is 11.8. The number of amides is 2. The molecule has 0 aliphatic carbocycles. The highest BCUT2D eigenvalue weighted by Crippen LogP contribution is 2.15. The van der Waals surface area contributed by atoms with Gasteiger partial charge in [-0.15, -0.1) is 0 Å². The van der Waals surface area contributed by atoms with E-state index >= 15 is 0 Å². The van der Waals surface area contributed by atoms with E-state index in [0.29, 0.717) is 6.42 Å². The number of nitrogens with one attached hydrogen (secondary N) is 2. The quantitative estimate of drug-likeness (QED) is 0.637. The van der Waals surface area contributed by atoms with Crippen LogP contribution >= 0.6 is 0 Å². The first-order valence-electron chi connectivity index (χ1n) is 7.86. The zero-order chi connectivity index (χ0) is 19.2. The summed E-state index contributed by atoms with van der Waals surface area (Å²) in [6.07, 6.45) is -0.901. The fourth-order valence-electron chi connectivity index (χ4n) is 1.70. The minimum Gasteiger partial charge on any atom is -0.480 e. The topological polar surface area (TPSA) is 114 Å². The summed E-state index contributed by atoms with van der Waals surface area (Å²) in [5.74, 6) is -1.18. The van der Waals surface area contributed by atoms with Crippen LogP contribution in [0.1, 0.15) is 61.3 Å². The molecule has 0 bridgehead atoms. The van der Waals surface area contributed by atoms with Crippen molar-refractivity contribution < 1.29 is 29.0 Å². The van der Waals surface area contributed by atoms with Crippen LogP contribution in [0.5, 0.6) is 0 Å². The van der Waals surface area contributed by atoms with E-state index in [1.54, 1.807) is 41.5 Å². The first-order valence-corrected chi connectivity index (χ1v) is 7.86. The summed E-state index contributed by atoms with van der Waals surface area (Å²) in [6, 6.07) is 0. The van der Waals surface area contributed by atoms with Crippen LogP contribution in [0.4, 0.5) is 9.59 Å². The van der Waals surface area contributed by atoms with Crippen molar-refractivity contribution in [2.24, 2.45) is 0 Å². The van der Waals surface area contributed by atoms with Gasteiger partial charge in [0.25, 0.3) is 0 Å². The van der Waals surface area contributed by atoms with Gasteiger partial charge in [0.15, 0.2) is 0 Å². The monoisotopic (exact) mass is 346 g/mol. The largest absolute Gasteiger partial charge is 0.480 e. The summed E-state index contributed by atoms with van der Waals surface area (Å²) in [7, 11) is 0. The van der Waals surface area contributed by atoms with Crippen LogP contribution in [0.2, 0.25) is 0 Å². The number of hydrogen-bond acceptors (Lipinski definition) is 5. The van der Waals surface area contributed by atoms with Gasteiger partial charge in [0.05, 0.1) is 0 Å².